The molecule has 0 amide bonds. The van der Waals surface area contributed by atoms with Crippen molar-refractivity contribution in [2.24, 2.45) is 0 Å². The average molecular weight is 343 g/mol. The van der Waals surface area contributed by atoms with Crippen molar-refractivity contribution in [2.75, 3.05) is 27.2 Å². The summed E-state index contributed by atoms with van der Waals surface area (Å²) in [5.41, 5.74) is 0. The van der Waals surface area contributed by atoms with Crippen LogP contribution in [0.15, 0.2) is 0 Å². The van der Waals surface area contributed by atoms with Gasteiger partial charge in [-0.15, -0.1) is 0 Å². The first-order chi connectivity index (χ1) is 10.8. The lowest BCUT2D eigenvalue weighted by molar-refractivity contribution is -0.890. The fraction of sp³-hybridized carbons (Fsp3) is 1.00. The van der Waals surface area contributed by atoms with Crippen LogP contribution in [0.3, 0.4) is 0 Å². The first-order valence-corrected chi connectivity index (χ1v) is 14.3. The van der Waals surface area contributed by atoms with E-state index in [1.165, 1.54) is 101 Å². The molecule has 0 bridgehead atoms. The van der Waals surface area contributed by atoms with E-state index in [1.54, 1.807) is 0 Å². The predicted molar refractivity (Wildman–Crippen MR) is 111 cm³/mol. The van der Waals surface area contributed by atoms with Gasteiger partial charge in [-0.05, 0) is 19.3 Å². The minimum atomic E-state index is -0.835. The molecule has 0 aromatic heterocycles. The molecule has 0 fully saturated rings. The number of quaternary nitrogens is 1. The van der Waals surface area contributed by atoms with Crippen molar-refractivity contribution < 1.29 is 4.48 Å². The van der Waals surface area contributed by atoms with E-state index in [0.29, 0.717) is 0 Å². The quantitative estimate of drug-likeness (QED) is 0.159. The highest BCUT2D eigenvalue weighted by atomic mass is 28.3. The third-order valence-corrected chi connectivity index (χ3v) is 6.91. The molecule has 0 aliphatic carbocycles. The summed E-state index contributed by atoms with van der Waals surface area (Å²) in [7, 11) is 4.03. The first kappa shape index (κ1) is 23.2. The second-order valence-corrected chi connectivity index (χ2v) is 15.2. The van der Waals surface area contributed by atoms with E-state index >= 15 is 0 Å². The Morgan fingerprint density at radius 2 is 0.957 bits per heavy atom. The third kappa shape index (κ3) is 18.4. The van der Waals surface area contributed by atoms with E-state index in [4.69, 9.17) is 0 Å². The van der Waals surface area contributed by atoms with Crippen molar-refractivity contribution in [3.63, 3.8) is 0 Å². The number of nitrogens with zero attached hydrogens (tertiary/aromatic N) is 1. The van der Waals surface area contributed by atoms with Crippen molar-refractivity contribution in [3.05, 3.63) is 0 Å². The highest BCUT2D eigenvalue weighted by Crippen LogP contribution is 2.15. The molecule has 0 N–H and O–H groups in total. The topological polar surface area (TPSA) is 0 Å². The maximum Gasteiger partial charge on any atom is 0.0782 e. The zero-order valence-electron chi connectivity index (χ0n) is 17.6. The Kier molecular flexibility index (Phi) is 13.6. The van der Waals surface area contributed by atoms with Gasteiger partial charge in [0.05, 0.1) is 27.2 Å². The normalized spacial score (nSPS) is 12.8. The maximum atomic E-state index is 2.50. The number of rotatable bonds is 16. The second-order valence-electron chi connectivity index (χ2n) is 9.58. The molecule has 0 aliphatic heterocycles. The van der Waals surface area contributed by atoms with E-state index in [-0.39, 0.29) is 0 Å². The molecule has 23 heavy (non-hydrogen) atoms. The summed E-state index contributed by atoms with van der Waals surface area (Å²) in [6.07, 6.45) is 17.4. The molecule has 0 spiro atoms. The van der Waals surface area contributed by atoms with Gasteiger partial charge < -0.3 is 4.48 Å². The van der Waals surface area contributed by atoms with Gasteiger partial charge in [0.2, 0.25) is 0 Å². The van der Waals surface area contributed by atoms with Gasteiger partial charge in [0.15, 0.2) is 0 Å². The van der Waals surface area contributed by atoms with Gasteiger partial charge >= 0.3 is 0 Å². The van der Waals surface area contributed by atoms with Crippen molar-refractivity contribution in [3.8, 4) is 0 Å². The minimum absolute atomic E-state index is 0.835. The van der Waals surface area contributed by atoms with E-state index < -0.39 is 8.07 Å². The Hall–Kier alpha value is 0.177. The monoisotopic (exact) mass is 342 g/mol. The van der Waals surface area contributed by atoms with Crippen LogP contribution in [0.25, 0.3) is 0 Å². The van der Waals surface area contributed by atoms with Crippen LogP contribution in [-0.4, -0.2) is 39.7 Å². The smallest absolute Gasteiger partial charge is 0.0782 e. The molecule has 0 aromatic rings. The Morgan fingerprint density at radius 3 is 1.39 bits per heavy atom. The fourth-order valence-corrected chi connectivity index (χ4v) is 4.57. The molecule has 0 saturated carbocycles. The van der Waals surface area contributed by atoms with Crippen LogP contribution in [0.5, 0.6) is 0 Å². The van der Waals surface area contributed by atoms with Gasteiger partial charge in [0.25, 0.3) is 0 Å². The van der Waals surface area contributed by atoms with Gasteiger partial charge in [0.1, 0.15) is 0 Å². The van der Waals surface area contributed by atoms with Crippen molar-refractivity contribution in [2.45, 2.75) is 110 Å². The Labute approximate surface area is 149 Å². The average Bonchev–Trinajstić information content (AvgIpc) is 2.43. The number of hydrogen-bond acceptors (Lipinski definition) is 0. The molecule has 0 rings (SSSR count). The van der Waals surface area contributed by atoms with Gasteiger partial charge in [-0.25, -0.2) is 0 Å². The molecule has 0 heterocycles. The Bertz CT molecular complexity index is 255. The number of hydrogen-bond donors (Lipinski definition) is 0. The van der Waals surface area contributed by atoms with Gasteiger partial charge in [-0.1, -0.05) is 90.4 Å². The summed E-state index contributed by atoms with van der Waals surface area (Å²) in [5, 5.41) is 0. The molecular weight excluding hydrogens is 294 g/mol. The molecule has 0 unspecified atom stereocenters. The molecule has 1 nitrogen and oxygen atoms in total. The number of unbranched alkanes of at least 4 members (excludes halogenated alkanes) is 10. The lowest BCUT2D eigenvalue weighted by Crippen LogP contribution is -2.41. The third-order valence-electron chi connectivity index (χ3n) is 5.06. The first-order valence-electron chi connectivity index (χ1n) is 10.6. The lowest BCUT2D eigenvalue weighted by Gasteiger charge is -2.31. The maximum absolute atomic E-state index is 2.50. The van der Waals surface area contributed by atoms with Crippen LogP contribution < -0.4 is 0 Å². The van der Waals surface area contributed by atoms with E-state index in [0.717, 1.165) is 0 Å². The summed E-state index contributed by atoms with van der Waals surface area (Å²) in [4.78, 5) is 0. The molecule has 0 saturated heterocycles. The summed E-state index contributed by atoms with van der Waals surface area (Å²) in [5.74, 6) is 0. The van der Waals surface area contributed by atoms with Gasteiger partial charge in [0, 0.05) is 8.07 Å². The van der Waals surface area contributed by atoms with Crippen molar-refractivity contribution in [1.82, 2.24) is 0 Å². The van der Waals surface area contributed by atoms with Crippen LogP contribution in [0.4, 0.5) is 0 Å². The summed E-state index contributed by atoms with van der Waals surface area (Å²) in [6.45, 7) is 12.5. The van der Waals surface area contributed by atoms with Crippen LogP contribution >= 0.6 is 0 Å². The molecule has 140 valence electrons. The van der Waals surface area contributed by atoms with Crippen LogP contribution in [0.1, 0.15) is 84.0 Å². The highest BCUT2D eigenvalue weighted by Gasteiger charge is 2.18. The SMILES string of the molecule is CCCCCCCCCCCCC[N+](C)(C)CCC[Si](C)(C)C. The molecule has 0 aromatic carbocycles. The minimum Gasteiger partial charge on any atom is -0.328 e. The fourth-order valence-electron chi connectivity index (χ4n) is 3.35. The van der Waals surface area contributed by atoms with E-state index in [1.807, 2.05) is 0 Å². The molecule has 0 aliphatic rings. The van der Waals surface area contributed by atoms with Gasteiger partial charge in [-0.3, -0.25) is 0 Å². The Morgan fingerprint density at radius 1 is 0.565 bits per heavy atom. The summed E-state index contributed by atoms with van der Waals surface area (Å²) < 4.78 is 1.24. The largest absolute Gasteiger partial charge is 0.328 e. The molecular formula is C21H48NSi+. The molecule has 0 radical (unpaired) electrons. The van der Waals surface area contributed by atoms with Crippen molar-refractivity contribution in [1.29, 1.82) is 0 Å². The van der Waals surface area contributed by atoms with E-state index in [9.17, 15) is 0 Å². The van der Waals surface area contributed by atoms with Crippen LogP contribution in [0.2, 0.25) is 25.7 Å². The molecule has 0 atom stereocenters. The lowest BCUT2D eigenvalue weighted by atomic mass is 10.1. The zero-order valence-corrected chi connectivity index (χ0v) is 18.6. The van der Waals surface area contributed by atoms with E-state index in [2.05, 4.69) is 40.7 Å². The van der Waals surface area contributed by atoms with Crippen LogP contribution in [-0.2, 0) is 0 Å². The van der Waals surface area contributed by atoms with Crippen LogP contribution in [0, 0.1) is 0 Å². The Balaban J connectivity index is 3.38. The molecule has 2 heteroatoms. The highest BCUT2D eigenvalue weighted by molar-refractivity contribution is 6.76. The summed E-state index contributed by atoms with van der Waals surface area (Å²) in [6, 6.07) is 1.49. The predicted octanol–water partition coefficient (Wildman–Crippen LogP) is 7.10. The summed E-state index contributed by atoms with van der Waals surface area (Å²) >= 11 is 0. The van der Waals surface area contributed by atoms with Crippen molar-refractivity contribution >= 4 is 8.07 Å². The van der Waals surface area contributed by atoms with Gasteiger partial charge in [-0.2, -0.15) is 0 Å². The zero-order chi connectivity index (χ0) is 17.6. The standard InChI is InChI=1S/C21H48NSi/c1-7-8-9-10-11-12-13-14-15-16-17-19-22(2,3)20-18-21-23(4,5)6/h7-21H2,1-6H3/q+1. The second kappa shape index (κ2) is 13.5.